The largest absolute Gasteiger partial charge is 0.383 e. The van der Waals surface area contributed by atoms with Gasteiger partial charge >= 0.3 is 0 Å². The predicted octanol–water partition coefficient (Wildman–Crippen LogP) is 3.00. The van der Waals surface area contributed by atoms with Crippen molar-refractivity contribution >= 4 is 11.3 Å². The van der Waals surface area contributed by atoms with Crippen LogP contribution in [0.3, 0.4) is 0 Å². The van der Waals surface area contributed by atoms with Crippen molar-refractivity contribution in [3.8, 4) is 0 Å². The Labute approximate surface area is 103 Å². The first kappa shape index (κ1) is 13.7. The molecule has 0 saturated carbocycles. The van der Waals surface area contributed by atoms with Gasteiger partial charge in [0, 0.05) is 28.9 Å². The third-order valence-corrected chi connectivity index (χ3v) is 3.71. The van der Waals surface area contributed by atoms with E-state index in [1.165, 1.54) is 9.75 Å². The number of rotatable bonds is 7. The fourth-order valence-corrected chi connectivity index (χ4v) is 2.86. The van der Waals surface area contributed by atoms with Gasteiger partial charge in [-0.2, -0.15) is 0 Å². The van der Waals surface area contributed by atoms with Crippen LogP contribution in [-0.4, -0.2) is 25.8 Å². The number of hydrogen-bond acceptors (Lipinski definition) is 3. The zero-order valence-corrected chi connectivity index (χ0v) is 11.6. The van der Waals surface area contributed by atoms with Crippen LogP contribution in [0.4, 0.5) is 0 Å². The molecule has 3 heteroatoms. The van der Waals surface area contributed by atoms with E-state index in [4.69, 9.17) is 4.74 Å². The number of aryl methyl sites for hydroxylation is 1. The zero-order chi connectivity index (χ0) is 12.0. The van der Waals surface area contributed by atoms with Crippen LogP contribution in [0.5, 0.6) is 0 Å². The van der Waals surface area contributed by atoms with Crippen LogP contribution in [0.2, 0.25) is 0 Å². The van der Waals surface area contributed by atoms with E-state index >= 15 is 0 Å². The molecule has 16 heavy (non-hydrogen) atoms. The second-order valence-electron chi connectivity index (χ2n) is 4.34. The maximum Gasteiger partial charge on any atom is 0.0615 e. The molecule has 0 aliphatic carbocycles. The van der Waals surface area contributed by atoms with Crippen molar-refractivity contribution in [1.29, 1.82) is 0 Å². The quantitative estimate of drug-likeness (QED) is 0.792. The van der Waals surface area contributed by atoms with Crippen LogP contribution in [0.1, 0.15) is 30.0 Å². The molecule has 1 aromatic heterocycles. The monoisotopic (exact) mass is 241 g/mol. The van der Waals surface area contributed by atoms with Gasteiger partial charge in [-0.25, -0.2) is 0 Å². The van der Waals surface area contributed by atoms with Gasteiger partial charge in [0.1, 0.15) is 0 Å². The van der Waals surface area contributed by atoms with E-state index in [9.17, 15) is 0 Å². The van der Waals surface area contributed by atoms with E-state index in [1.54, 1.807) is 7.11 Å². The molecular weight excluding hydrogens is 218 g/mol. The molecule has 0 aliphatic heterocycles. The molecule has 0 aromatic carbocycles. The van der Waals surface area contributed by atoms with Gasteiger partial charge in [0.05, 0.1) is 6.61 Å². The van der Waals surface area contributed by atoms with Gasteiger partial charge < -0.3 is 10.1 Å². The average Bonchev–Trinajstić information content (AvgIpc) is 2.63. The summed E-state index contributed by atoms with van der Waals surface area (Å²) in [5, 5.41) is 3.61. The van der Waals surface area contributed by atoms with Crippen molar-refractivity contribution in [2.75, 3.05) is 13.7 Å². The number of ether oxygens (including phenoxy) is 1. The Kier molecular flexibility index (Phi) is 6.03. The van der Waals surface area contributed by atoms with Crippen LogP contribution >= 0.6 is 11.3 Å². The predicted molar refractivity (Wildman–Crippen MR) is 71.3 cm³/mol. The second kappa shape index (κ2) is 7.05. The van der Waals surface area contributed by atoms with Gasteiger partial charge in [-0.3, -0.25) is 0 Å². The van der Waals surface area contributed by atoms with Crippen LogP contribution in [0.25, 0.3) is 0 Å². The highest BCUT2D eigenvalue weighted by atomic mass is 32.1. The first-order valence-corrected chi connectivity index (χ1v) is 6.77. The summed E-state index contributed by atoms with van der Waals surface area (Å²) in [7, 11) is 1.76. The minimum atomic E-state index is 0.473. The molecular formula is C13H23NOS. The normalized spacial score (nSPS) is 15.0. The third kappa shape index (κ3) is 4.64. The van der Waals surface area contributed by atoms with Crippen LogP contribution < -0.4 is 5.32 Å². The van der Waals surface area contributed by atoms with Crippen molar-refractivity contribution in [2.24, 2.45) is 0 Å². The highest BCUT2D eigenvalue weighted by molar-refractivity contribution is 7.11. The maximum atomic E-state index is 5.19. The van der Waals surface area contributed by atoms with Crippen LogP contribution in [-0.2, 0) is 11.2 Å². The molecule has 0 spiro atoms. The van der Waals surface area contributed by atoms with Gasteiger partial charge in [0.2, 0.25) is 0 Å². The van der Waals surface area contributed by atoms with E-state index < -0.39 is 0 Å². The highest BCUT2D eigenvalue weighted by Crippen LogP contribution is 2.16. The molecule has 2 nitrogen and oxygen atoms in total. The Hall–Kier alpha value is -0.380. The van der Waals surface area contributed by atoms with Crippen molar-refractivity contribution in [3.63, 3.8) is 0 Å². The summed E-state index contributed by atoms with van der Waals surface area (Å²) in [6.07, 6.45) is 2.22. The maximum absolute atomic E-state index is 5.19. The van der Waals surface area contributed by atoms with Crippen molar-refractivity contribution < 1.29 is 4.74 Å². The van der Waals surface area contributed by atoms with Gasteiger partial charge in [-0.15, -0.1) is 11.3 Å². The summed E-state index contributed by atoms with van der Waals surface area (Å²) >= 11 is 1.89. The van der Waals surface area contributed by atoms with E-state index in [0.29, 0.717) is 12.1 Å². The number of methoxy groups -OCH3 is 1. The van der Waals surface area contributed by atoms with E-state index in [1.807, 2.05) is 11.3 Å². The number of nitrogens with one attached hydrogen (secondary N) is 1. The van der Waals surface area contributed by atoms with Crippen LogP contribution in [0, 0.1) is 6.92 Å². The van der Waals surface area contributed by atoms with Crippen molar-refractivity contribution in [2.45, 2.75) is 45.7 Å². The molecule has 0 fully saturated rings. The topological polar surface area (TPSA) is 21.3 Å². The summed E-state index contributed by atoms with van der Waals surface area (Å²) < 4.78 is 5.19. The first-order valence-electron chi connectivity index (χ1n) is 5.96. The molecule has 1 rings (SSSR count). The molecule has 0 radical (unpaired) electrons. The molecule has 0 bridgehead atoms. The molecule has 0 aliphatic rings. The molecule has 0 amide bonds. The first-order chi connectivity index (χ1) is 7.65. The lowest BCUT2D eigenvalue weighted by Crippen LogP contribution is -2.40. The summed E-state index contributed by atoms with van der Waals surface area (Å²) in [5.74, 6) is 0. The summed E-state index contributed by atoms with van der Waals surface area (Å²) in [5.41, 5.74) is 0. The standard InChI is InChI=1S/C13H23NOS/c1-5-12(9-15-4)14-10(2)8-13-7-6-11(3)16-13/h6-7,10,12,14H,5,8-9H2,1-4H3. The smallest absolute Gasteiger partial charge is 0.0615 e. The second-order valence-corrected chi connectivity index (χ2v) is 5.72. The van der Waals surface area contributed by atoms with E-state index in [0.717, 1.165) is 19.4 Å². The number of hydrogen-bond donors (Lipinski definition) is 1. The fourth-order valence-electron chi connectivity index (χ4n) is 1.84. The molecule has 1 heterocycles. The Morgan fingerprint density at radius 3 is 2.69 bits per heavy atom. The minimum Gasteiger partial charge on any atom is -0.383 e. The Morgan fingerprint density at radius 2 is 2.19 bits per heavy atom. The van der Waals surface area contributed by atoms with Crippen LogP contribution in [0.15, 0.2) is 12.1 Å². The van der Waals surface area contributed by atoms with Gasteiger partial charge in [0.25, 0.3) is 0 Å². The summed E-state index contributed by atoms with van der Waals surface area (Å²) in [4.78, 5) is 2.86. The summed E-state index contributed by atoms with van der Waals surface area (Å²) in [6, 6.07) is 5.41. The summed E-state index contributed by atoms with van der Waals surface area (Å²) in [6.45, 7) is 7.39. The van der Waals surface area contributed by atoms with E-state index in [-0.39, 0.29) is 0 Å². The van der Waals surface area contributed by atoms with Crippen molar-refractivity contribution in [1.82, 2.24) is 5.32 Å². The van der Waals surface area contributed by atoms with Gasteiger partial charge in [-0.1, -0.05) is 6.92 Å². The molecule has 1 N–H and O–H groups in total. The lowest BCUT2D eigenvalue weighted by molar-refractivity contribution is 0.159. The van der Waals surface area contributed by atoms with Gasteiger partial charge in [-0.05, 0) is 38.8 Å². The Morgan fingerprint density at radius 1 is 1.44 bits per heavy atom. The molecule has 1 aromatic rings. The Balaban J connectivity index is 2.37. The third-order valence-electron chi connectivity index (χ3n) is 2.68. The SMILES string of the molecule is CCC(COC)NC(C)Cc1ccc(C)s1. The lowest BCUT2D eigenvalue weighted by atomic mass is 10.1. The Bertz CT molecular complexity index is 298. The fraction of sp³-hybridized carbons (Fsp3) is 0.692. The molecule has 2 unspecified atom stereocenters. The zero-order valence-electron chi connectivity index (χ0n) is 10.7. The van der Waals surface area contributed by atoms with Crippen molar-refractivity contribution in [3.05, 3.63) is 21.9 Å². The minimum absolute atomic E-state index is 0.473. The van der Waals surface area contributed by atoms with Gasteiger partial charge in [0.15, 0.2) is 0 Å². The average molecular weight is 241 g/mol. The molecule has 92 valence electrons. The highest BCUT2D eigenvalue weighted by Gasteiger charge is 2.11. The molecule has 2 atom stereocenters. The number of thiophene rings is 1. The van der Waals surface area contributed by atoms with E-state index in [2.05, 4.69) is 38.2 Å². The lowest BCUT2D eigenvalue weighted by Gasteiger charge is -2.21. The molecule has 0 saturated heterocycles.